The van der Waals surface area contributed by atoms with Crippen molar-refractivity contribution in [2.75, 3.05) is 37.2 Å². The first-order valence-corrected chi connectivity index (χ1v) is 18.8. The van der Waals surface area contributed by atoms with Crippen molar-refractivity contribution in [2.24, 2.45) is 4.99 Å². The lowest BCUT2D eigenvalue weighted by atomic mass is 9.93. The van der Waals surface area contributed by atoms with Gasteiger partial charge in [-0.15, -0.1) is 0 Å². The number of rotatable bonds is 17. The van der Waals surface area contributed by atoms with Crippen LogP contribution in [0.3, 0.4) is 0 Å². The first-order valence-electron chi connectivity index (χ1n) is 17.7. The van der Waals surface area contributed by atoms with Crippen molar-refractivity contribution >= 4 is 46.3 Å². The van der Waals surface area contributed by atoms with Crippen LogP contribution < -0.4 is 31.9 Å². The molecule has 1 aromatic rings. The standard InChI is InChI=1S/C37H52N6O4S/c1-5-38-28-20-31-26(18-23(28)3)25(27-19-24(4)29(39-6-2)21-32(27)47-31)14-15-35(45)41-17-11-7-10-16-40-34(44)13-9-8-12-33-36-30(22-48-33)42-37(46)43-36/h18-21,30,33,36,38H,5-17,22H2,1-4H3,(H,40,44)(H,41,45)(H2,42,43,46)/t30-,33-,36+/m0/s1. The number of aryl methyl sites for hydroxylation is 3. The van der Waals surface area contributed by atoms with E-state index in [1.807, 2.05) is 24.8 Å². The SMILES string of the molecule is CCN=c1cc2oc3cc(NCC)c(C)cc3c(CCC(=O)NCCCCCNC(=O)CCCC[C@@H]3SC[C@@H]4NC(=O)N[C@H]43)c-2cc1C. The molecule has 2 saturated heterocycles. The largest absolute Gasteiger partial charge is 0.456 e. The van der Waals surface area contributed by atoms with Crippen molar-refractivity contribution in [3.8, 4) is 11.3 Å². The first kappa shape index (κ1) is 35.6. The van der Waals surface area contributed by atoms with Crippen molar-refractivity contribution in [3.05, 3.63) is 46.3 Å². The summed E-state index contributed by atoms with van der Waals surface area (Å²) in [5, 5.41) is 18.0. The Labute approximate surface area is 288 Å². The highest BCUT2D eigenvalue weighted by atomic mass is 32.2. The summed E-state index contributed by atoms with van der Waals surface area (Å²) >= 11 is 1.91. The molecule has 2 fully saturated rings. The van der Waals surface area contributed by atoms with E-state index in [1.165, 1.54) is 0 Å². The van der Waals surface area contributed by atoms with Gasteiger partial charge in [0, 0.05) is 78.8 Å². The molecule has 0 bridgehead atoms. The molecule has 0 aromatic heterocycles. The highest BCUT2D eigenvalue weighted by molar-refractivity contribution is 8.00. The molecule has 4 amide bonds. The van der Waals surface area contributed by atoms with Crippen LogP contribution >= 0.6 is 11.8 Å². The van der Waals surface area contributed by atoms with Gasteiger partial charge >= 0.3 is 6.03 Å². The second-order valence-corrected chi connectivity index (χ2v) is 14.3. The zero-order valence-corrected chi connectivity index (χ0v) is 29.7. The van der Waals surface area contributed by atoms with Crippen molar-refractivity contribution in [1.29, 1.82) is 0 Å². The maximum atomic E-state index is 12.9. The molecule has 0 radical (unpaired) electrons. The Morgan fingerprint density at radius 2 is 1.71 bits per heavy atom. The minimum atomic E-state index is -0.0538. The van der Waals surface area contributed by atoms with Crippen molar-refractivity contribution < 1.29 is 18.8 Å². The number of unbranched alkanes of at least 4 members (excludes halogenated alkanes) is 3. The summed E-state index contributed by atoms with van der Waals surface area (Å²) in [7, 11) is 0. The molecule has 4 aliphatic rings. The zero-order valence-electron chi connectivity index (χ0n) is 28.9. The summed E-state index contributed by atoms with van der Waals surface area (Å²) in [6.45, 7) is 11.1. The number of anilines is 1. The fraction of sp³-hybridized carbons (Fsp3) is 0.568. The highest BCUT2D eigenvalue weighted by Crippen LogP contribution is 2.37. The molecular formula is C37H52N6O4S. The Morgan fingerprint density at radius 3 is 2.46 bits per heavy atom. The molecule has 0 spiro atoms. The van der Waals surface area contributed by atoms with Gasteiger partial charge in [-0.2, -0.15) is 11.8 Å². The predicted molar refractivity (Wildman–Crippen MR) is 195 cm³/mol. The molecule has 0 saturated carbocycles. The normalized spacial score (nSPS) is 19.0. The minimum Gasteiger partial charge on any atom is -0.456 e. The van der Waals surface area contributed by atoms with Gasteiger partial charge in [0.1, 0.15) is 11.3 Å². The van der Waals surface area contributed by atoms with E-state index in [0.29, 0.717) is 44.1 Å². The van der Waals surface area contributed by atoms with Crippen LogP contribution in [0.25, 0.3) is 22.3 Å². The second-order valence-electron chi connectivity index (χ2n) is 13.0. The summed E-state index contributed by atoms with van der Waals surface area (Å²) in [6, 6.07) is 8.82. The molecule has 3 aliphatic heterocycles. The average molecular weight is 677 g/mol. The molecular weight excluding hydrogens is 625 g/mol. The highest BCUT2D eigenvalue weighted by Gasteiger charge is 2.42. The molecule has 260 valence electrons. The number of urea groups is 1. The van der Waals surface area contributed by atoms with Crippen molar-refractivity contribution in [1.82, 2.24) is 21.3 Å². The average Bonchev–Trinajstić information content (AvgIpc) is 3.61. The summed E-state index contributed by atoms with van der Waals surface area (Å²) < 4.78 is 6.42. The fourth-order valence-electron chi connectivity index (χ4n) is 6.83. The van der Waals surface area contributed by atoms with Crippen LogP contribution in [-0.2, 0) is 16.0 Å². The van der Waals surface area contributed by atoms with Gasteiger partial charge < -0.3 is 31.0 Å². The van der Waals surface area contributed by atoms with Crippen LogP contribution in [0.15, 0.2) is 33.7 Å². The summed E-state index contributed by atoms with van der Waals surface area (Å²) in [4.78, 5) is 41.4. The quantitative estimate of drug-likeness (QED) is 0.0721. The topological polar surface area (TPSA) is 137 Å². The van der Waals surface area contributed by atoms with Crippen LogP contribution in [0.1, 0.15) is 81.9 Å². The third-order valence-corrected chi connectivity index (χ3v) is 10.9. The number of nitrogens with zero attached hydrogens (tertiary/aromatic N) is 1. The molecule has 3 atom stereocenters. The lowest BCUT2D eigenvalue weighted by Crippen LogP contribution is -2.36. The van der Waals surface area contributed by atoms with E-state index in [9.17, 15) is 14.4 Å². The molecule has 5 N–H and O–H groups in total. The van der Waals surface area contributed by atoms with E-state index in [4.69, 9.17) is 4.42 Å². The third kappa shape index (κ3) is 9.03. The van der Waals surface area contributed by atoms with E-state index < -0.39 is 0 Å². The lowest BCUT2D eigenvalue weighted by molar-refractivity contribution is -0.121. The maximum Gasteiger partial charge on any atom is 0.315 e. The number of hydrogen-bond donors (Lipinski definition) is 5. The van der Waals surface area contributed by atoms with Crippen LogP contribution in [0.5, 0.6) is 0 Å². The Balaban J connectivity index is 1.03. The number of carbonyl (C=O) groups is 3. The minimum absolute atomic E-state index is 0.0406. The van der Waals surface area contributed by atoms with Gasteiger partial charge in [-0.1, -0.05) is 6.42 Å². The predicted octanol–water partition coefficient (Wildman–Crippen LogP) is 5.57. The molecule has 48 heavy (non-hydrogen) atoms. The fourth-order valence-corrected chi connectivity index (χ4v) is 8.38. The smallest absolute Gasteiger partial charge is 0.315 e. The lowest BCUT2D eigenvalue weighted by Gasteiger charge is -2.18. The Morgan fingerprint density at radius 1 is 0.938 bits per heavy atom. The van der Waals surface area contributed by atoms with Crippen LogP contribution in [-0.4, -0.2) is 67.1 Å². The molecule has 1 aromatic carbocycles. The molecule has 3 heterocycles. The number of nitrogens with one attached hydrogen (secondary N) is 5. The monoisotopic (exact) mass is 676 g/mol. The summed E-state index contributed by atoms with van der Waals surface area (Å²) in [5.41, 5.74) is 6.25. The van der Waals surface area contributed by atoms with Crippen LogP contribution in [0.4, 0.5) is 10.5 Å². The van der Waals surface area contributed by atoms with E-state index in [0.717, 1.165) is 101 Å². The number of amides is 4. The van der Waals surface area contributed by atoms with Gasteiger partial charge in [0.15, 0.2) is 0 Å². The number of hydrogen-bond acceptors (Lipinski definition) is 7. The molecule has 11 heteroatoms. The van der Waals surface area contributed by atoms with E-state index in [-0.39, 0.29) is 29.9 Å². The third-order valence-electron chi connectivity index (χ3n) is 9.37. The summed E-state index contributed by atoms with van der Waals surface area (Å²) in [6.07, 6.45) is 7.12. The second kappa shape index (κ2) is 17.1. The number of carbonyl (C=O) groups excluding carboxylic acids is 3. The number of benzene rings is 2. The molecule has 10 nitrogen and oxygen atoms in total. The van der Waals surface area contributed by atoms with Crippen LogP contribution in [0.2, 0.25) is 0 Å². The Hall–Kier alpha value is -3.73. The van der Waals surface area contributed by atoms with Gasteiger partial charge in [-0.05, 0) is 95.0 Å². The maximum absolute atomic E-state index is 12.9. The van der Waals surface area contributed by atoms with Crippen molar-refractivity contribution in [3.63, 3.8) is 0 Å². The Bertz CT molecular complexity index is 1640. The first-order chi connectivity index (χ1) is 23.3. The van der Waals surface area contributed by atoms with Gasteiger partial charge in [-0.3, -0.25) is 14.6 Å². The van der Waals surface area contributed by atoms with E-state index in [1.54, 1.807) is 0 Å². The van der Waals surface area contributed by atoms with Gasteiger partial charge in [0.25, 0.3) is 0 Å². The van der Waals surface area contributed by atoms with Crippen molar-refractivity contribution in [2.45, 2.75) is 103 Å². The van der Waals surface area contributed by atoms with Gasteiger partial charge in [0.05, 0.1) is 17.4 Å². The molecule has 0 unspecified atom stereocenters. The number of fused-ring (bicyclic) bond motifs is 3. The van der Waals surface area contributed by atoms with Crippen LogP contribution in [0, 0.1) is 13.8 Å². The zero-order chi connectivity index (χ0) is 34.0. The van der Waals surface area contributed by atoms with E-state index in [2.05, 4.69) is 70.5 Å². The summed E-state index contributed by atoms with van der Waals surface area (Å²) in [5.74, 6) is 1.89. The Kier molecular flexibility index (Phi) is 12.7. The van der Waals surface area contributed by atoms with Gasteiger partial charge in [0.2, 0.25) is 11.8 Å². The molecule has 5 rings (SSSR count). The molecule has 1 aliphatic carbocycles. The van der Waals surface area contributed by atoms with Gasteiger partial charge in [-0.25, -0.2) is 4.79 Å². The van der Waals surface area contributed by atoms with E-state index >= 15 is 0 Å². The number of thioether (sulfide) groups is 1.